The van der Waals surface area contributed by atoms with Crippen molar-refractivity contribution in [2.24, 2.45) is 4.99 Å². The maximum Gasteiger partial charge on any atom is 0.151 e. The van der Waals surface area contributed by atoms with E-state index in [0.29, 0.717) is 22.9 Å². The molecule has 0 bridgehead atoms. The van der Waals surface area contributed by atoms with Gasteiger partial charge in [-0.15, -0.1) is 0 Å². The van der Waals surface area contributed by atoms with Crippen LogP contribution in [0.5, 0.6) is 0 Å². The van der Waals surface area contributed by atoms with E-state index in [1.54, 1.807) is 30.5 Å². The van der Waals surface area contributed by atoms with Crippen molar-refractivity contribution in [2.75, 3.05) is 0 Å². The Balaban J connectivity index is 1.81. The third kappa shape index (κ3) is 4.32. The summed E-state index contributed by atoms with van der Waals surface area (Å²) in [6, 6.07) is 25.7. The predicted octanol–water partition coefficient (Wildman–Crippen LogP) is 6.62. The molecule has 0 saturated carbocycles. The number of hydrogen-bond acceptors (Lipinski definition) is 2. The molecule has 0 aliphatic carbocycles. The number of halogens is 2. The first-order valence-electron chi connectivity index (χ1n) is 9.37. The Kier molecular flexibility index (Phi) is 5.74. The molecule has 0 aliphatic rings. The number of hydrogen-bond donors (Lipinski definition) is 0. The Labute approximate surface area is 179 Å². The second kappa shape index (κ2) is 8.77. The zero-order valence-electron chi connectivity index (χ0n) is 16.0. The summed E-state index contributed by atoms with van der Waals surface area (Å²) in [5, 5.41) is 10.5. The second-order valence-corrected chi connectivity index (χ2v) is 7.22. The minimum absolute atomic E-state index is 0.284. The molecule has 30 heavy (non-hydrogen) atoms. The summed E-state index contributed by atoms with van der Waals surface area (Å²) in [6.07, 6.45) is 3.64. The largest absolute Gasteiger partial charge is 0.327 e. The molecule has 0 radical (unpaired) electrons. The first kappa shape index (κ1) is 19.6. The highest BCUT2D eigenvalue weighted by Crippen LogP contribution is 2.34. The van der Waals surface area contributed by atoms with Crippen LogP contribution in [0.3, 0.4) is 0 Å². The minimum atomic E-state index is -0.284. The molecule has 0 amide bonds. The smallest absolute Gasteiger partial charge is 0.151 e. The van der Waals surface area contributed by atoms with E-state index in [1.165, 1.54) is 12.1 Å². The van der Waals surface area contributed by atoms with Crippen molar-refractivity contribution in [3.8, 4) is 17.2 Å². The Morgan fingerprint density at radius 1 is 0.967 bits per heavy atom. The molecule has 5 heteroatoms. The maximum atomic E-state index is 13.3. The van der Waals surface area contributed by atoms with E-state index >= 15 is 0 Å². The van der Waals surface area contributed by atoms with Gasteiger partial charge in [0.1, 0.15) is 17.4 Å². The summed E-state index contributed by atoms with van der Waals surface area (Å²) in [5.74, 6) is 0.267. The Morgan fingerprint density at radius 2 is 1.67 bits per heavy atom. The van der Waals surface area contributed by atoms with Gasteiger partial charge in [-0.2, -0.15) is 5.26 Å². The van der Waals surface area contributed by atoms with Crippen LogP contribution < -0.4 is 0 Å². The first-order chi connectivity index (χ1) is 14.6. The van der Waals surface area contributed by atoms with Gasteiger partial charge in [-0.25, -0.2) is 9.38 Å². The van der Waals surface area contributed by atoms with Crippen molar-refractivity contribution in [2.45, 2.75) is 6.54 Å². The summed E-state index contributed by atoms with van der Waals surface area (Å²) < 4.78 is 15.2. The fourth-order valence-electron chi connectivity index (χ4n) is 3.22. The van der Waals surface area contributed by atoms with Crippen LogP contribution in [0.15, 0.2) is 90.1 Å². The van der Waals surface area contributed by atoms with Crippen LogP contribution >= 0.6 is 11.6 Å². The predicted molar refractivity (Wildman–Crippen MR) is 119 cm³/mol. The molecule has 1 aromatic heterocycles. The van der Waals surface area contributed by atoms with Gasteiger partial charge in [-0.1, -0.05) is 66.2 Å². The van der Waals surface area contributed by atoms with E-state index < -0.39 is 0 Å². The van der Waals surface area contributed by atoms with E-state index in [9.17, 15) is 9.65 Å². The number of aromatic nitrogens is 1. The number of nitrogens with zero attached hydrogens (tertiary/aromatic N) is 3. The Morgan fingerprint density at radius 3 is 2.33 bits per heavy atom. The average Bonchev–Trinajstić information content (AvgIpc) is 3.12. The fourth-order valence-corrected chi connectivity index (χ4v) is 3.35. The van der Waals surface area contributed by atoms with Crippen molar-refractivity contribution < 1.29 is 4.39 Å². The highest BCUT2D eigenvalue weighted by atomic mass is 35.5. The molecule has 146 valence electrons. The molecule has 0 spiro atoms. The van der Waals surface area contributed by atoms with E-state index in [1.807, 2.05) is 53.2 Å². The van der Waals surface area contributed by atoms with E-state index in [-0.39, 0.29) is 5.82 Å². The van der Waals surface area contributed by atoms with Crippen molar-refractivity contribution in [1.29, 1.82) is 5.26 Å². The molecular formula is C25H17ClFN3. The van der Waals surface area contributed by atoms with Gasteiger partial charge in [0, 0.05) is 29.5 Å². The van der Waals surface area contributed by atoms with E-state index in [4.69, 9.17) is 11.6 Å². The maximum absolute atomic E-state index is 13.3. The van der Waals surface area contributed by atoms with Crippen LogP contribution in [-0.4, -0.2) is 10.8 Å². The molecule has 4 aromatic rings. The van der Waals surface area contributed by atoms with E-state index in [2.05, 4.69) is 11.1 Å². The van der Waals surface area contributed by atoms with Gasteiger partial charge in [0.05, 0.1) is 0 Å². The lowest BCUT2D eigenvalue weighted by Gasteiger charge is -2.06. The monoisotopic (exact) mass is 413 g/mol. The van der Waals surface area contributed by atoms with E-state index in [0.717, 1.165) is 22.3 Å². The van der Waals surface area contributed by atoms with Gasteiger partial charge in [0.2, 0.25) is 0 Å². The lowest BCUT2D eigenvalue weighted by atomic mass is 10.1. The molecule has 0 saturated heterocycles. The first-order valence-corrected chi connectivity index (χ1v) is 9.74. The molecule has 0 fully saturated rings. The molecule has 0 unspecified atom stereocenters. The fraction of sp³-hybridized carbons (Fsp3) is 0.0400. The highest BCUT2D eigenvalue weighted by molar-refractivity contribution is 6.30. The van der Waals surface area contributed by atoms with Crippen LogP contribution in [0.25, 0.3) is 11.1 Å². The molecule has 0 atom stereocenters. The third-order valence-corrected chi connectivity index (χ3v) is 4.97. The van der Waals surface area contributed by atoms with Crippen LogP contribution in [0.4, 0.5) is 10.2 Å². The summed E-state index contributed by atoms with van der Waals surface area (Å²) in [7, 11) is 0. The van der Waals surface area contributed by atoms with Gasteiger partial charge in [0.25, 0.3) is 0 Å². The third-order valence-electron chi connectivity index (χ3n) is 4.72. The summed E-state index contributed by atoms with van der Waals surface area (Å²) >= 11 is 6.02. The zero-order valence-corrected chi connectivity index (χ0v) is 16.7. The van der Waals surface area contributed by atoms with Gasteiger partial charge in [-0.05, 0) is 41.0 Å². The van der Waals surface area contributed by atoms with Gasteiger partial charge >= 0.3 is 0 Å². The van der Waals surface area contributed by atoms with Crippen LogP contribution in [0.2, 0.25) is 5.02 Å². The number of aliphatic imine (C=N–C) groups is 1. The SMILES string of the molecule is N#Cc1c(-c2ccc(Cl)cc2)cn(Cc2ccc(F)cc2)c1N=Cc1ccccc1. The zero-order chi connectivity index (χ0) is 20.9. The topological polar surface area (TPSA) is 41.1 Å². The molecule has 4 rings (SSSR count). The van der Waals surface area contributed by atoms with Crippen LogP contribution in [0, 0.1) is 17.1 Å². The van der Waals surface area contributed by atoms with Crippen molar-refractivity contribution in [3.63, 3.8) is 0 Å². The molecule has 3 nitrogen and oxygen atoms in total. The Hall–Kier alpha value is -3.68. The number of nitriles is 1. The molecule has 3 aromatic carbocycles. The summed E-state index contributed by atoms with van der Waals surface area (Å²) in [4.78, 5) is 4.64. The summed E-state index contributed by atoms with van der Waals surface area (Å²) in [6.45, 7) is 0.462. The number of benzene rings is 3. The van der Waals surface area contributed by atoms with Gasteiger partial charge in [-0.3, -0.25) is 0 Å². The minimum Gasteiger partial charge on any atom is -0.327 e. The summed E-state index contributed by atoms with van der Waals surface area (Å²) in [5.41, 5.74) is 3.98. The normalized spacial score (nSPS) is 11.0. The highest BCUT2D eigenvalue weighted by Gasteiger charge is 2.17. The Bertz CT molecular complexity index is 1220. The van der Waals surface area contributed by atoms with Crippen molar-refractivity contribution >= 4 is 23.6 Å². The van der Waals surface area contributed by atoms with Gasteiger partial charge in [0.15, 0.2) is 5.82 Å². The van der Waals surface area contributed by atoms with Crippen molar-refractivity contribution in [1.82, 2.24) is 4.57 Å². The molecule has 0 N–H and O–H groups in total. The molecular weight excluding hydrogens is 397 g/mol. The van der Waals surface area contributed by atoms with Crippen LogP contribution in [0.1, 0.15) is 16.7 Å². The lowest BCUT2D eigenvalue weighted by molar-refractivity contribution is 0.626. The molecule has 0 aliphatic heterocycles. The van der Waals surface area contributed by atoms with Crippen molar-refractivity contribution in [3.05, 3.63) is 113 Å². The van der Waals surface area contributed by atoms with Gasteiger partial charge < -0.3 is 4.57 Å². The quantitative estimate of drug-likeness (QED) is 0.339. The average molecular weight is 414 g/mol. The standard InChI is InChI=1S/C25H17ClFN3/c26-21-10-8-20(9-11-21)24-17-30(16-19-6-12-22(27)13-7-19)25(23(24)14-28)29-15-18-4-2-1-3-5-18/h1-13,15,17H,16H2. The second-order valence-electron chi connectivity index (χ2n) is 6.78. The lowest BCUT2D eigenvalue weighted by Crippen LogP contribution is -1.98. The van der Waals surface area contributed by atoms with Crippen LogP contribution in [-0.2, 0) is 6.54 Å². The number of rotatable bonds is 5. The molecule has 1 heterocycles.